The Labute approximate surface area is 159 Å². The van der Waals surface area contributed by atoms with Crippen molar-refractivity contribution in [2.24, 2.45) is 5.92 Å². The minimum atomic E-state index is 0.260. The third kappa shape index (κ3) is 3.51. The second-order valence-corrected chi connectivity index (χ2v) is 9.07. The lowest BCUT2D eigenvalue weighted by atomic mass is 9.85. The minimum Gasteiger partial charge on any atom is -0.474 e. The Morgan fingerprint density at radius 3 is 2.77 bits per heavy atom. The SMILES string of the molecule is CCC[C@H]1CC[C@H](Oc2ncnc3sc4c(c23)[C@@H](CC(C)=O)CC4)CC1. The van der Waals surface area contributed by atoms with Crippen LogP contribution in [-0.4, -0.2) is 21.9 Å². The third-order valence-electron chi connectivity index (χ3n) is 6.00. The Kier molecular flexibility index (Phi) is 5.25. The molecule has 4 rings (SSSR count). The number of rotatable bonds is 6. The van der Waals surface area contributed by atoms with Crippen LogP contribution in [0.3, 0.4) is 0 Å². The molecule has 0 saturated heterocycles. The van der Waals surface area contributed by atoms with Gasteiger partial charge in [-0.25, -0.2) is 9.97 Å². The van der Waals surface area contributed by atoms with Crippen molar-refractivity contribution in [3.63, 3.8) is 0 Å². The third-order valence-corrected chi connectivity index (χ3v) is 7.17. The number of aryl methyl sites for hydroxylation is 1. The molecule has 1 saturated carbocycles. The number of carbonyl (C=O) groups excluding carboxylic acids is 1. The fourth-order valence-electron chi connectivity index (χ4n) is 4.79. The van der Waals surface area contributed by atoms with Crippen molar-refractivity contribution in [3.8, 4) is 5.88 Å². The molecule has 2 aliphatic carbocycles. The lowest BCUT2D eigenvalue weighted by molar-refractivity contribution is -0.117. The van der Waals surface area contributed by atoms with Crippen molar-refractivity contribution >= 4 is 27.3 Å². The molecule has 2 heterocycles. The van der Waals surface area contributed by atoms with E-state index in [0.29, 0.717) is 12.3 Å². The van der Waals surface area contributed by atoms with Gasteiger partial charge >= 0.3 is 0 Å². The van der Waals surface area contributed by atoms with Gasteiger partial charge in [-0.15, -0.1) is 11.3 Å². The Hall–Kier alpha value is -1.49. The predicted octanol–water partition coefficient (Wildman–Crippen LogP) is 5.44. The zero-order valence-electron chi connectivity index (χ0n) is 15.8. The maximum absolute atomic E-state index is 11.7. The van der Waals surface area contributed by atoms with Crippen LogP contribution in [0.1, 0.15) is 81.6 Å². The van der Waals surface area contributed by atoms with Gasteiger partial charge in [0.25, 0.3) is 0 Å². The van der Waals surface area contributed by atoms with Gasteiger partial charge in [-0.2, -0.15) is 0 Å². The van der Waals surface area contributed by atoms with E-state index in [1.54, 1.807) is 24.6 Å². The van der Waals surface area contributed by atoms with E-state index < -0.39 is 0 Å². The van der Waals surface area contributed by atoms with Crippen molar-refractivity contribution in [1.29, 1.82) is 0 Å². The number of hydrogen-bond acceptors (Lipinski definition) is 5. The van der Waals surface area contributed by atoms with E-state index in [9.17, 15) is 4.79 Å². The van der Waals surface area contributed by atoms with Crippen LogP contribution in [-0.2, 0) is 11.2 Å². The molecule has 1 atom stereocenters. The number of hydrogen-bond donors (Lipinski definition) is 0. The van der Waals surface area contributed by atoms with Crippen LogP contribution in [0, 0.1) is 5.92 Å². The maximum Gasteiger partial charge on any atom is 0.225 e. The number of carbonyl (C=O) groups is 1. The smallest absolute Gasteiger partial charge is 0.225 e. The van der Waals surface area contributed by atoms with E-state index in [-0.39, 0.29) is 11.9 Å². The average molecular weight is 373 g/mol. The van der Waals surface area contributed by atoms with Gasteiger partial charge in [0, 0.05) is 11.3 Å². The van der Waals surface area contributed by atoms with Crippen LogP contribution >= 0.6 is 11.3 Å². The van der Waals surface area contributed by atoms with Crippen molar-refractivity contribution in [1.82, 2.24) is 9.97 Å². The van der Waals surface area contributed by atoms with Crippen molar-refractivity contribution in [2.75, 3.05) is 0 Å². The molecule has 0 spiro atoms. The number of ether oxygens (including phenoxy) is 1. The number of nitrogens with zero attached hydrogens (tertiary/aromatic N) is 2. The molecule has 0 amide bonds. The highest BCUT2D eigenvalue weighted by molar-refractivity contribution is 7.19. The minimum absolute atomic E-state index is 0.260. The van der Waals surface area contributed by atoms with Gasteiger partial charge < -0.3 is 9.53 Å². The summed E-state index contributed by atoms with van der Waals surface area (Å²) in [7, 11) is 0. The number of Topliss-reactive ketones (excluding diaryl/α,β-unsaturated/α-hetero) is 1. The first-order chi connectivity index (χ1) is 12.7. The zero-order chi connectivity index (χ0) is 18.1. The molecule has 0 N–H and O–H groups in total. The molecule has 0 bridgehead atoms. The Balaban J connectivity index is 1.57. The van der Waals surface area contributed by atoms with Crippen LogP contribution in [0.15, 0.2) is 6.33 Å². The molecule has 0 radical (unpaired) electrons. The molecule has 0 aromatic carbocycles. The first-order valence-electron chi connectivity index (χ1n) is 10.1. The van der Waals surface area contributed by atoms with E-state index in [4.69, 9.17) is 4.74 Å². The van der Waals surface area contributed by atoms with E-state index in [2.05, 4.69) is 16.9 Å². The van der Waals surface area contributed by atoms with Gasteiger partial charge in [0.05, 0.1) is 5.39 Å². The second kappa shape index (κ2) is 7.63. The largest absolute Gasteiger partial charge is 0.474 e. The number of fused-ring (bicyclic) bond motifs is 3. The van der Waals surface area contributed by atoms with E-state index in [0.717, 1.165) is 47.7 Å². The van der Waals surface area contributed by atoms with Crippen LogP contribution in [0.2, 0.25) is 0 Å². The molecule has 2 aromatic heterocycles. The molecule has 5 heteroatoms. The molecular weight excluding hydrogens is 344 g/mol. The first kappa shape index (κ1) is 17.9. The monoisotopic (exact) mass is 372 g/mol. The van der Waals surface area contributed by atoms with Crippen LogP contribution in [0.4, 0.5) is 0 Å². The second-order valence-electron chi connectivity index (χ2n) is 7.99. The molecule has 2 aromatic rings. The van der Waals surface area contributed by atoms with Crippen LogP contribution < -0.4 is 4.74 Å². The fraction of sp³-hybridized carbons (Fsp3) is 0.667. The predicted molar refractivity (Wildman–Crippen MR) is 105 cm³/mol. The van der Waals surface area contributed by atoms with Gasteiger partial charge in [0.1, 0.15) is 23.0 Å². The quantitative estimate of drug-likeness (QED) is 0.678. The fourth-order valence-corrected chi connectivity index (χ4v) is 6.02. The Morgan fingerprint density at radius 2 is 2.04 bits per heavy atom. The molecular formula is C21H28N2O2S. The lowest BCUT2D eigenvalue weighted by Gasteiger charge is -2.28. The Bertz CT molecular complexity index is 793. The van der Waals surface area contributed by atoms with Crippen molar-refractivity contribution in [2.45, 2.75) is 83.7 Å². The highest BCUT2D eigenvalue weighted by Gasteiger charge is 2.31. The topological polar surface area (TPSA) is 52.1 Å². The van der Waals surface area contributed by atoms with E-state index in [1.807, 2.05) is 0 Å². The van der Waals surface area contributed by atoms with Gasteiger partial charge in [-0.3, -0.25) is 0 Å². The molecule has 4 nitrogen and oxygen atoms in total. The average Bonchev–Trinajstić information content (AvgIpc) is 3.17. The number of ketones is 1. The molecule has 140 valence electrons. The summed E-state index contributed by atoms with van der Waals surface area (Å²) in [6, 6.07) is 0. The summed E-state index contributed by atoms with van der Waals surface area (Å²) in [6.45, 7) is 3.96. The summed E-state index contributed by atoms with van der Waals surface area (Å²) < 4.78 is 6.40. The summed E-state index contributed by atoms with van der Waals surface area (Å²) in [5.41, 5.74) is 1.30. The van der Waals surface area contributed by atoms with Gasteiger partial charge in [-0.1, -0.05) is 19.8 Å². The zero-order valence-corrected chi connectivity index (χ0v) is 16.6. The van der Waals surface area contributed by atoms with Crippen LogP contribution in [0.5, 0.6) is 5.88 Å². The molecule has 26 heavy (non-hydrogen) atoms. The maximum atomic E-state index is 11.7. The lowest BCUT2D eigenvalue weighted by Crippen LogP contribution is -2.24. The number of thiophene rings is 1. The van der Waals surface area contributed by atoms with E-state index in [1.165, 1.54) is 36.1 Å². The Morgan fingerprint density at radius 1 is 1.23 bits per heavy atom. The van der Waals surface area contributed by atoms with Crippen LogP contribution in [0.25, 0.3) is 10.2 Å². The van der Waals surface area contributed by atoms with Gasteiger partial charge in [0.2, 0.25) is 5.88 Å². The number of aromatic nitrogens is 2. The highest BCUT2D eigenvalue weighted by atomic mass is 32.1. The molecule has 1 fully saturated rings. The first-order valence-corrected chi connectivity index (χ1v) is 10.9. The summed E-state index contributed by atoms with van der Waals surface area (Å²) in [6.07, 6.45) is 12.0. The van der Waals surface area contributed by atoms with Crippen molar-refractivity contribution < 1.29 is 9.53 Å². The summed E-state index contributed by atoms with van der Waals surface area (Å²) >= 11 is 1.76. The standard InChI is InChI=1S/C21H28N2O2S/c1-3-4-14-5-8-16(9-6-14)25-20-19-18-15(11-13(2)24)7-10-17(18)26-21(19)23-12-22-20/h12,14-16H,3-11H2,1-2H3/t14-,15-,16-/m1/s1. The van der Waals surface area contributed by atoms with Gasteiger partial charge in [0.15, 0.2) is 0 Å². The summed E-state index contributed by atoms with van der Waals surface area (Å²) in [5.74, 6) is 2.19. The highest BCUT2D eigenvalue weighted by Crippen LogP contribution is 2.47. The normalized spacial score (nSPS) is 25.4. The molecule has 0 aliphatic heterocycles. The molecule has 2 aliphatic rings. The molecule has 0 unspecified atom stereocenters. The summed E-state index contributed by atoms with van der Waals surface area (Å²) in [4.78, 5) is 23.1. The summed E-state index contributed by atoms with van der Waals surface area (Å²) in [5, 5.41) is 1.09. The van der Waals surface area contributed by atoms with Crippen molar-refractivity contribution in [3.05, 3.63) is 16.8 Å². The van der Waals surface area contributed by atoms with E-state index >= 15 is 0 Å². The van der Waals surface area contributed by atoms with Gasteiger partial charge in [-0.05, 0) is 62.8 Å².